The molecule has 0 radical (unpaired) electrons. The molecule has 0 spiro atoms. The minimum Gasteiger partial charge on any atom is -0.492 e. The third-order valence-corrected chi connectivity index (χ3v) is 5.58. The maximum atomic E-state index is 12.7. The third-order valence-electron chi connectivity index (χ3n) is 3.97. The predicted molar refractivity (Wildman–Crippen MR) is 93.7 cm³/mol. The van der Waals surface area contributed by atoms with Crippen LogP contribution in [0.5, 0.6) is 11.6 Å². The summed E-state index contributed by atoms with van der Waals surface area (Å²) in [5.41, 5.74) is 0. The molecule has 0 bridgehead atoms. The smallest absolute Gasteiger partial charge is 0.266 e. The lowest BCUT2D eigenvalue weighted by Gasteiger charge is -2.25. The highest BCUT2D eigenvalue weighted by atomic mass is 35.5. The van der Waals surface area contributed by atoms with Crippen LogP contribution in [0, 0.1) is 5.92 Å². The summed E-state index contributed by atoms with van der Waals surface area (Å²) in [4.78, 5) is 7.85. The number of nitrogens with one attached hydrogen (secondary N) is 1. The molecule has 0 aliphatic heterocycles. The zero-order valence-corrected chi connectivity index (χ0v) is 15.2. The average Bonchev–Trinajstić information content (AvgIpc) is 2.55. The van der Waals surface area contributed by atoms with E-state index >= 15 is 0 Å². The Morgan fingerprint density at radius 3 is 2.68 bits per heavy atom. The van der Waals surface area contributed by atoms with E-state index in [-0.39, 0.29) is 22.3 Å². The molecule has 1 fully saturated rings. The van der Waals surface area contributed by atoms with E-state index in [1.165, 1.54) is 32.0 Å². The summed E-state index contributed by atoms with van der Waals surface area (Å²) in [5, 5.41) is 0.303. The van der Waals surface area contributed by atoms with Gasteiger partial charge in [0.25, 0.3) is 10.0 Å². The van der Waals surface area contributed by atoms with Gasteiger partial charge < -0.3 is 9.47 Å². The number of hydrogen-bond acceptors (Lipinski definition) is 6. The van der Waals surface area contributed by atoms with Crippen LogP contribution in [0.15, 0.2) is 35.5 Å². The number of anilines is 1. The monoisotopic (exact) mass is 383 g/mol. The van der Waals surface area contributed by atoms with Crippen molar-refractivity contribution in [3.05, 3.63) is 35.6 Å². The highest BCUT2D eigenvalue weighted by Gasteiger charge is 2.23. The molecule has 0 saturated heterocycles. The van der Waals surface area contributed by atoms with Crippen molar-refractivity contribution in [3.63, 3.8) is 0 Å². The molecule has 7 nitrogen and oxygen atoms in total. The van der Waals surface area contributed by atoms with Crippen LogP contribution in [-0.2, 0) is 10.0 Å². The van der Waals surface area contributed by atoms with Gasteiger partial charge in [0, 0.05) is 5.02 Å². The number of aromatic nitrogens is 2. The molecule has 1 heterocycles. The van der Waals surface area contributed by atoms with Crippen molar-refractivity contribution in [2.75, 3.05) is 18.4 Å². The van der Waals surface area contributed by atoms with Gasteiger partial charge in [0.15, 0.2) is 5.82 Å². The number of halogens is 1. The molecule has 1 aromatic carbocycles. The number of ether oxygens (including phenoxy) is 2. The van der Waals surface area contributed by atoms with Gasteiger partial charge in [0.1, 0.15) is 10.6 Å². The van der Waals surface area contributed by atoms with Crippen LogP contribution in [0.3, 0.4) is 0 Å². The highest BCUT2D eigenvalue weighted by molar-refractivity contribution is 7.92. The van der Waals surface area contributed by atoms with Gasteiger partial charge in [-0.3, -0.25) is 4.72 Å². The Kier molecular flexibility index (Phi) is 5.29. The zero-order valence-electron chi connectivity index (χ0n) is 13.6. The minimum atomic E-state index is -3.93. The third kappa shape index (κ3) is 4.32. The van der Waals surface area contributed by atoms with Gasteiger partial charge in [0.2, 0.25) is 5.88 Å². The van der Waals surface area contributed by atoms with Crippen molar-refractivity contribution in [3.8, 4) is 11.6 Å². The Labute approximate surface area is 151 Å². The van der Waals surface area contributed by atoms with Crippen LogP contribution < -0.4 is 14.2 Å². The van der Waals surface area contributed by atoms with Crippen molar-refractivity contribution in [2.45, 2.75) is 24.2 Å². The van der Waals surface area contributed by atoms with E-state index in [4.69, 9.17) is 21.1 Å². The van der Waals surface area contributed by atoms with Crippen LogP contribution in [0.25, 0.3) is 0 Å². The van der Waals surface area contributed by atoms with Crippen LogP contribution in [0.4, 0.5) is 5.82 Å². The van der Waals surface area contributed by atoms with Crippen LogP contribution in [-0.4, -0.2) is 32.1 Å². The second-order valence-corrected chi connectivity index (χ2v) is 7.84. The minimum absolute atomic E-state index is 0.0306. The summed E-state index contributed by atoms with van der Waals surface area (Å²) in [7, 11) is -2.48. The second kappa shape index (κ2) is 7.45. The molecule has 0 unspecified atom stereocenters. The first-order valence-electron chi connectivity index (χ1n) is 7.79. The second-order valence-electron chi connectivity index (χ2n) is 5.75. The van der Waals surface area contributed by atoms with Crippen molar-refractivity contribution < 1.29 is 17.9 Å². The fourth-order valence-corrected chi connectivity index (χ4v) is 3.75. The van der Waals surface area contributed by atoms with Crippen LogP contribution in [0.2, 0.25) is 5.02 Å². The molecular weight excluding hydrogens is 366 g/mol. The summed E-state index contributed by atoms with van der Waals surface area (Å²) in [6, 6.07) is 4.52. The zero-order chi connectivity index (χ0) is 17.9. The molecule has 1 N–H and O–H groups in total. The summed E-state index contributed by atoms with van der Waals surface area (Å²) < 4.78 is 38.4. The maximum Gasteiger partial charge on any atom is 0.266 e. The number of rotatable bonds is 7. The highest BCUT2D eigenvalue weighted by Crippen LogP contribution is 2.31. The number of benzene rings is 1. The number of methoxy groups -OCH3 is 1. The van der Waals surface area contributed by atoms with E-state index in [0.29, 0.717) is 17.5 Å². The average molecular weight is 384 g/mol. The lowest BCUT2D eigenvalue weighted by molar-refractivity contribution is 0.177. The fraction of sp³-hybridized carbons (Fsp3) is 0.375. The van der Waals surface area contributed by atoms with Gasteiger partial charge in [-0.1, -0.05) is 18.0 Å². The number of nitrogens with zero attached hydrogens (tertiary/aromatic N) is 2. The van der Waals surface area contributed by atoms with Gasteiger partial charge >= 0.3 is 0 Å². The quantitative estimate of drug-likeness (QED) is 0.789. The largest absolute Gasteiger partial charge is 0.492 e. The number of hydrogen-bond donors (Lipinski definition) is 1. The molecule has 0 atom stereocenters. The van der Waals surface area contributed by atoms with Crippen molar-refractivity contribution in [2.24, 2.45) is 5.92 Å². The first-order valence-corrected chi connectivity index (χ1v) is 9.65. The summed E-state index contributed by atoms with van der Waals surface area (Å²) in [6.07, 6.45) is 6.00. The predicted octanol–water partition coefficient (Wildman–Crippen LogP) is 3.12. The topological polar surface area (TPSA) is 90.4 Å². The normalized spacial score (nSPS) is 14.6. The van der Waals surface area contributed by atoms with Crippen LogP contribution in [0.1, 0.15) is 19.3 Å². The van der Waals surface area contributed by atoms with E-state index in [1.807, 2.05) is 0 Å². The Hall–Kier alpha value is -2.06. The molecule has 0 amide bonds. The van der Waals surface area contributed by atoms with E-state index < -0.39 is 10.0 Å². The Bertz CT molecular complexity index is 839. The van der Waals surface area contributed by atoms with Crippen molar-refractivity contribution >= 4 is 27.4 Å². The molecular formula is C16H18ClN3O4S. The Balaban J connectivity index is 1.82. The van der Waals surface area contributed by atoms with E-state index in [2.05, 4.69) is 14.7 Å². The molecule has 1 aliphatic carbocycles. The number of sulfonamides is 1. The van der Waals surface area contributed by atoms with E-state index in [9.17, 15) is 8.42 Å². The first kappa shape index (κ1) is 17.8. The van der Waals surface area contributed by atoms with E-state index in [0.717, 1.165) is 12.8 Å². The standard InChI is InChI=1S/C16H18ClN3O4S/c1-23-16-9-18-15(8-19-16)20-25(21,22)14-7-12(17)5-6-13(14)24-10-11-3-2-4-11/h5-9,11H,2-4,10H2,1H3,(H,18,20). The maximum absolute atomic E-state index is 12.7. The van der Waals surface area contributed by atoms with Gasteiger partial charge in [-0.2, -0.15) is 0 Å². The Morgan fingerprint density at radius 2 is 2.08 bits per heavy atom. The molecule has 134 valence electrons. The van der Waals surface area contributed by atoms with Gasteiger partial charge in [-0.25, -0.2) is 18.4 Å². The molecule has 1 aromatic heterocycles. The fourth-order valence-electron chi connectivity index (χ4n) is 2.35. The van der Waals surface area contributed by atoms with Gasteiger partial charge in [-0.15, -0.1) is 0 Å². The molecule has 9 heteroatoms. The molecule has 1 saturated carbocycles. The summed E-state index contributed by atoms with van der Waals surface area (Å²) >= 11 is 5.97. The van der Waals surface area contributed by atoms with Crippen molar-refractivity contribution in [1.29, 1.82) is 0 Å². The molecule has 2 aromatic rings. The Morgan fingerprint density at radius 1 is 1.28 bits per heavy atom. The van der Waals surface area contributed by atoms with Crippen LogP contribution >= 0.6 is 11.6 Å². The molecule has 1 aliphatic rings. The summed E-state index contributed by atoms with van der Waals surface area (Å²) in [5.74, 6) is 1.11. The van der Waals surface area contributed by atoms with Crippen molar-refractivity contribution in [1.82, 2.24) is 9.97 Å². The first-order chi connectivity index (χ1) is 12.0. The SMILES string of the molecule is COc1cnc(NS(=O)(=O)c2cc(Cl)ccc2OCC2CCC2)cn1. The van der Waals surface area contributed by atoms with E-state index in [1.54, 1.807) is 12.1 Å². The van der Waals surface area contributed by atoms with Gasteiger partial charge in [-0.05, 0) is 37.0 Å². The molecule has 3 rings (SSSR count). The summed E-state index contributed by atoms with van der Waals surface area (Å²) in [6.45, 7) is 0.493. The lowest BCUT2D eigenvalue weighted by Crippen LogP contribution is -2.21. The lowest BCUT2D eigenvalue weighted by atomic mass is 9.86. The molecule has 25 heavy (non-hydrogen) atoms. The van der Waals surface area contributed by atoms with Gasteiger partial charge in [0.05, 0.1) is 26.1 Å².